The van der Waals surface area contributed by atoms with Gasteiger partial charge in [-0.3, -0.25) is 4.90 Å². The van der Waals surface area contributed by atoms with Gasteiger partial charge in [-0.15, -0.1) is 0 Å². The van der Waals surface area contributed by atoms with Crippen molar-refractivity contribution in [3.8, 4) is 0 Å². The molecule has 1 N–H and O–H groups in total. The zero-order valence-electron chi connectivity index (χ0n) is 22.0. The van der Waals surface area contributed by atoms with E-state index in [1.807, 2.05) is 0 Å². The molecule has 3 heterocycles. The van der Waals surface area contributed by atoms with E-state index in [1.54, 1.807) is 7.11 Å². The fourth-order valence-electron chi connectivity index (χ4n) is 7.07. The summed E-state index contributed by atoms with van der Waals surface area (Å²) < 4.78 is 22.8. The van der Waals surface area contributed by atoms with Gasteiger partial charge in [0.25, 0.3) is 0 Å². The lowest BCUT2D eigenvalue weighted by Gasteiger charge is -2.46. The molecular formula is C29H40N2O5. The Morgan fingerprint density at radius 3 is 2.75 bits per heavy atom. The highest BCUT2D eigenvalue weighted by Gasteiger charge is 2.61. The van der Waals surface area contributed by atoms with Gasteiger partial charge < -0.3 is 24.3 Å². The molecule has 2 unspecified atom stereocenters. The molecule has 5 rings (SSSR count). The second kappa shape index (κ2) is 10.7. The van der Waals surface area contributed by atoms with Gasteiger partial charge in [0.15, 0.2) is 6.29 Å². The first-order chi connectivity index (χ1) is 17.5. The summed E-state index contributed by atoms with van der Waals surface area (Å²) >= 11 is 0. The summed E-state index contributed by atoms with van der Waals surface area (Å²) in [7, 11) is 3.23. The van der Waals surface area contributed by atoms with Crippen LogP contribution < -0.4 is 5.32 Å². The number of ether oxygens (including phenoxy) is 4. The first-order valence-electron chi connectivity index (χ1n) is 13.3. The number of fused-ring (bicyclic) bond motifs is 1. The molecule has 2 saturated heterocycles. The summed E-state index contributed by atoms with van der Waals surface area (Å²) in [6, 6.07) is 8.83. The molecule has 7 nitrogen and oxygen atoms in total. The Hall–Kier alpha value is -2.19. The average molecular weight is 497 g/mol. The van der Waals surface area contributed by atoms with Crippen LogP contribution in [0, 0.1) is 11.8 Å². The molecule has 4 atom stereocenters. The standard InChI is InChI=1S/C29H40N2O5/c1-19(2)9-12-31-13-11-29-23-7-5-6-8-24(23)30-25(29)22(27(32)34-4)18-21(26(29)31)17-20(10-14-33-3)28-35-15-16-36-28/h5-9,20-21,26,28,30H,10-18H2,1-4H3/t20-,21-,26?,29?/m1/s1. The van der Waals surface area contributed by atoms with Gasteiger partial charge in [-0.25, -0.2) is 4.79 Å². The highest BCUT2D eigenvalue weighted by atomic mass is 16.7. The highest BCUT2D eigenvalue weighted by Crippen LogP contribution is 2.59. The maximum absolute atomic E-state index is 13.2. The summed E-state index contributed by atoms with van der Waals surface area (Å²) in [5.41, 5.74) is 5.34. The fourth-order valence-corrected chi connectivity index (χ4v) is 7.07. The molecule has 36 heavy (non-hydrogen) atoms. The summed E-state index contributed by atoms with van der Waals surface area (Å²) in [4.78, 5) is 15.8. The van der Waals surface area contributed by atoms with Gasteiger partial charge in [0.2, 0.25) is 0 Å². The van der Waals surface area contributed by atoms with E-state index in [9.17, 15) is 4.79 Å². The molecule has 3 aliphatic heterocycles. The molecule has 0 radical (unpaired) electrons. The molecule has 1 aromatic carbocycles. The lowest BCUT2D eigenvalue weighted by molar-refractivity contribution is -0.137. The number of anilines is 1. The number of para-hydroxylation sites is 1. The minimum Gasteiger partial charge on any atom is -0.466 e. The molecule has 2 fully saturated rings. The second-order valence-electron chi connectivity index (χ2n) is 10.8. The van der Waals surface area contributed by atoms with Gasteiger partial charge in [0, 0.05) is 50.2 Å². The minimum absolute atomic E-state index is 0.199. The van der Waals surface area contributed by atoms with E-state index in [2.05, 4.69) is 54.4 Å². The van der Waals surface area contributed by atoms with Crippen LogP contribution in [0.15, 0.2) is 47.2 Å². The van der Waals surface area contributed by atoms with Crippen LogP contribution in [0.4, 0.5) is 5.69 Å². The van der Waals surface area contributed by atoms with Crippen molar-refractivity contribution >= 4 is 11.7 Å². The largest absolute Gasteiger partial charge is 0.466 e. The van der Waals surface area contributed by atoms with Gasteiger partial charge in [-0.1, -0.05) is 29.8 Å². The predicted molar refractivity (Wildman–Crippen MR) is 139 cm³/mol. The number of nitrogens with one attached hydrogen (secondary N) is 1. The minimum atomic E-state index is -0.248. The number of hydrogen-bond donors (Lipinski definition) is 1. The van der Waals surface area contributed by atoms with Gasteiger partial charge in [0.05, 0.1) is 31.3 Å². The highest BCUT2D eigenvalue weighted by molar-refractivity contribution is 5.93. The first-order valence-corrected chi connectivity index (χ1v) is 13.3. The molecule has 0 bridgehead atoms. The number of esters is 1. The Kier molecular flexibility index (Phi) is 7.54. The van der Waals surface area contributed by atoms with Crippen LogP contribution in [0.5, 0.6) is 0 Å². The van der Waals surface area contributed by atoms with Crippen LogP contribution in [0.2, 0.25) is 0 Å². The van der Waals surface area contributed by atoms with Crippen molar-refractivity contribution in [2.24, 2.45) is 11.8 Å². The number of benzene rings is 1. The summed E-state index contributed by atoms with van der Waals surface area (Å²) in [6.45, 7) is 8.14. The van der Waals surface area contributed by atoms with Crippen LogP contribution in [-0.2, 0) is 29.2 Å². The Morgan fingerprint density at radius 1 is 1.25 bits per heavy atom. The smallest absolute Gasteiger partial charge is 0.335 e. The van der Waals surface area contributed by atoms with Crippen LogP contribution in [0.1, 0.15) is 45.1 Å². The molecule has 1 aromatic rings. The number of carbonyl (C=O) groups is 1. The maximum Gasteiger partial charge on any atom is 0.335 e. The Balaban J connectivity index is 1.59. The summed E-state index contributed by atoms with van der Waals surface area (Å²) in [5, 5.41) is 3.68. The molecule has 0 saturated carbocycles. The molecule has 4 aliphatic rings. The topological polar surface area (TPSA) is 69.3 Å². The fraction of sp³-hybridized carbons (Fsp3) is 0.621. The molecule has 7 heteroatoms. The van der Waals surface area contributed by atoms with E-state index in [1.165, 1.54) is 18.2 Å². The number of nitrogens with zero attached hydrogens (tertiary/aromatic N) is 1. The van der Waals surface area contributed by atoms with Crippen molar-refractivity contribution in [1.29, 1.82) is 0 Å². The van der Waals surface area contributed by atoms with Gasteiger partial charge >= 0.3 is 5.97 Å². The van der Waals surface area contributed by atoms with E-state index in [0.717, 1.165) is 49.3 Å². The quantitative estimate of drug-likeness (QED) is 0.405. The number of methoxy groups -OCH3 is 2. The third kappa shape index (κ3) is 4.40. The molecule has 0 aromatic heterocycles. The number of likely N-dealkylation sites (tertiary alicyclic amines) is 1. The predicted octanol–water partition coefficient (Wildman–Crippen LogP) is 4.25. The second-order valence-corrected chi connectivity index (χ2v) is 10.8. The third-order valence-corrected chi connectivity index (χ3v) is 8.52. The number of allylic oxidation sites excluding steroid dienone is 1. The van der Waals surface area contributed by atoms with Crippen LogP contribution in [0.25, 0.3) is 0 Å². The van der Waals surface area contributed by atoms with E-state index >= 15 is 0 Å². The molecule has 1 aliphatic carbocycles. The lowest BCUT2D eigenvalue weighted by Crippen LogP contribution is -2.52. The number of carbonyl (C=O) groups excluding carboxylic acids is 1. The number of rotatable bonds is 9. The van der Waals surface area contributed by atoms with E-state index in [0.29, 0.717) is 26.2 Å². The van der Waals surface area contributed by atoms with Gasteiger partial charge in [-0.2, -0.15) is 0 Å². The van der Waals surface area contributed by atoms with Crippen LogP contribution in [-0.4, -0.2) is 70.3 Å². The van der Waals surface area contributed by atoms with Gasteiger partial charge in [-0.05, 0) is 57.1 Å². The van der Waals surface area contributed by atoms with Gasteiger partial charge in [0.1, 0.15) is 0 Å². The number of hydrogen-bond acceptors (Lipinski definition) is 7. The zero-order chi connectivity index (χ0) is 25.3. The summed E-state index contributed by atoms with van der Waals surface area (Å²) in [5.74, 6) is 0.224. The molecular weight excluding hydrogens is 456 g/mol. The average Bonchev–Trinajstić information content (AvgIpc) is 3.62. The lowest BCUT2D eigenvalue weighted by atomic mass is 9.61. The Labute approximate surface area is 214 Å². The summed E-state index contributed by atoms with van der Waals surface area (Å²) in [6.07, 6.45) is 5.53. The van der Waals surface area contributed by atoms with Crippen molar-refractivity contribution < 1.29 is 23.7 Å². The van der Waals surface area contributed by atoms with E-state index in [4.69, 9.17) is 18.9 Å². The molecule has 1 spiro atoms. The monoisotopic (exact) mass is 496 g/mol. The van der Waals surface area contributed by atoms with E-state index in [-0.39, 0.29) is 35.6 Å². The van der Waals surface area contributed by atoms with Crippen molar-refractivity contribution in [2.75, 3.05) is 52.4 Å². The molecule has 0 amide bonds. The van der Waals surface area contributed by atoms with Crippen LogP contribution >= 0.6 is 0 Å². The van der Waals surface area contributed by atoms with Crippen molar-refractivity contribution in [3.05, 3.63) is 52.7 Å². The first kappa shape index (κ1) is 25.5. The van der Waals surface area contributed by atoms with Crippen molar-refractivity contribution in [3.63, 3.8) is 0 Å². The third-order valence-electron chi connectivity index (χ3n) is 8.52. The molecule has 196 valence electrons. The van der Waals surface area contributed by atoms with Crippen molar-refractivity contribution in [1.82, 2.24) is 4.90 Å². The SMILES string of the molecule is COCC[C@H](C[C@@H]1CC(C(=O)OC)=C2Nc3ccccc3C23CCN(CC=C(C)C)C13)C1OCCO1. The van der Waals surface area contributed by atoms with Crippen LogP contribution in [0.3, 0.4) is 0 Å². The maximum atomic E-state index is 13.2. The zero-order valence-corrected chi connectivity index (χ0v) is 22.0. The van der Waals surface area contributed by atoms with E-state index < -0.39 is 0 Å². The Bertz CT molecular complexity index is 1030. The normalized spacial score (nSPS) is 28.3. The Morgan fingerprint density at radius 2 is 2.03 bits per heavy atom. The van der Waals surface area contributed by atoms with Crippen molar-refractivity contribution in [2.45, 2.75) is 57.3 Å².